The van der Waals surface area contributed by atoms with E-state index >= 15 is 0 Å². The van der Waals surface area contributed by atoms with Crippen molar-refractivity contribution < 1.29 is 14.3 Å². The standard InChI is InChI=1S/C19H22N2O3S/c1-11-10-16(21-18(22)13-8-9-13)25-17(11)19(23)20-12(2)14-6-4-5-7-15(14)24-3/h4-7,10,12-13H,8-9H2,1-3H3,(H,20,23)(H,21,22). The number of thiophene rings is 1. The summed E-state index contributed by atoms with van der Waals surface area (Å²) in [6.45, 7) is 3.81. The van der Waals surface area contributed by atoms with Crippen LogP contribution in [0.15, 0.2) is 30.3 Å². The number of carbonyl (C=O) groups excluding carboxylic acids is 2. The van der Waals surface area contributed by atoms with Crippen LogP contribution in [0.3, 0.4) is 0 Å². The van der Waals surface area contributed by atoms with Crippen molar-refractivity contribution in [2.24, 2.45) is 5.92 Å². The molecule has 0 aliphatic heterocycles. The van der Waals surface area contributed by atoms with Gasteiger partial charge < -0.3 is 15.4 Å². The van der Waals surface area contributed by atoms with E-state index in [4.69, 9.17) is 4.74 Å². The van der Waals surface area contributed by atoms with Crippen LogP contribution in [0.25, 0.3) is 0 Å². The van der Waals surface area contributed by atoms with Gasteiger partial charge in [-0.1, -0.05) is 18.2 Å². The van der Waals surface area contributed by atoms with Gasteiger partial charge in [-0.2, -0.15) is 0 Å². The Labute approximate surface area is 151 Å². The van der Waals surface area contributed by atoms with E-state index in [1.165, 1.54) is 11.3 Å². The normalized spacial score (nSPS) is 14.7. The van der Waals surface area contributed by atoms with Crippen molar-refractivity contribution in [1.29, 1.82) is 0 Å². The number of rotatable bonds is 6. The van der Waals surface area contributed by atoms with Crippen LogP contribution in [-0.2, 0) is 4.79 Å². The van der Waals surface area contributed by atoms with E-state index in [9.17, 15) is 9.59 Å². The minimum Gasteiger partial charge on any atom is -0.496 e. The molecule has 1 aromatic heterocycles. The molecule has 1 fully saturated rings. The van der Waals surface area contributed by atoms with Crippen LogP contribution in [0.5, 0.6) is 5.75 Å². The van der Waals surface area contributed by atoms with Crippen LogP contribution < -0.4 is 15.4 Å². The predicted octanol–water partition coefficient (Wildman–Crippen LogP) is 3.90. The van der Waals surface area contributed by atoms with Gasteiger partial charge in [0, 0.05) is 11.5 Å². The monoisotopic (exact) mass is 358 g/mol. The van der Waals surface area contributed by atoms with Gasteiger partial charge in [-0.25, -0.2) is 0 Å². The predicted molar refractivity (Wildman–Crippen MR) is 99.3 cm³/mol. The van der Waals surface area contributed by atoms with Gasteiger partial charge in [0.25, 0.3) is 5.91 Å². The lowest BCUT2D eigenvalue weighted by molar-refractivity contribution is -0.117. The molecule has 5 nitrogen and oxygen atoms in total. The molecule has 2 N–H and O–H groups in total. The number of ether oxygens (including phenoxy) is 1. The number of hydrogen-bond donors (Lipinski definition) is 2. The molecule has 2 aromatic rings. The van der Waals surface area contributed by atoms with Crippen LogP contribution in [0.4, 0.5) is 5.00 Å². The van der Waals surface area contributed by atoms with Crippen LogP contribution in [0.2, 0.25) is 0 Å². The average Bonchev–Trinajstić information content (AvgIpc) is 3.38. The third kappa shape index (κ3) is 4.02. The second-order valence-corrected chi connectivity index (χ2v) is 7.38. The Morgan fingerprint density at radius 3 is 2.68 bits per heavy atom. The molecule has 1 saturated carbocycles. The molecule has 0 spiro atoms. The van der Waals surface area contributed by atoms with E-state index < -0.39 is 0 Å². The zero-order chi connectivity index (χ0) is 18.0. The first-order valence-corrected chi connectivity index (χ1v) is 9.16. The second kappa shape index (κ2) is 7.27. The van der Waals surface area contributed by atoms with E-state index in [1.54, 1.807) is 7.11 Å². The largest absolute Gasteiger partial charge is 0.496 e. The fourth-order valence-electron chi connectivity index (χ4n) is 2.70. The highest BCUT2D eigenvalue weighted by Crippen LogP contribution is 2.33. The zero-order valence-electron chi connectivity index (χ0n) is 14.6. The molecule has 0 bridgehead atoms. The molecule has 2 amide bonds. The van der Waals surface area contributed by atoms with Gasteiger partial charge in [0.1, 0.15) is 5.75 Å². The summed E-state index contributed by atoms with van der Waals surface area (Å²) >= 11 is 1.31. The van der Waals surface area contributed by atoms with E-state index in [1.807, 2.05) is 44.2 Å². The lowest BCUT2D eigenvalue weighted by atomic mass is 10.1. The van der Waals surface area contributed by atoms with Gasteiger partial charge in [-0.3, -0.25) is 9.59 Å². The molecule has 1 unspecified atom stereocenters. The molecular weight excluding hydrogens is 336 g/mol. The molecule has 1 aliphatic carbocycles. The van der Waals surface area contributed by atoms with Crippen LogP contribution in [0, 0.1) is 12.8 Å². The topological polar surface area (TPSA) is 67.4 Å². The van der Waals surface area contributed by atoms with Crippen LogP contribution >= 0.6 is 11.3 Å². The number of carbonyl (C=O) groups is 2. The summed E-state index contributed by atoms with van der Waals surface area (Å²) in [6.07, 6.45) is 1.92. The second-order valence-electron chi connectivity index (χ2n) is 6.32. The minimum absolute atomic E-state index is 0.0515. The number of benzene rings is 1. The van der Waals surface area contributed by atoms with Gasteiger partial charge in [-0.15, -0.1) is 11.3 Å². The Balaban J connectivity index is 1.70. The van der Waals surface area contributed by atoms with Crippen molar-refractivity contribution in [2.75, 3.05) is 12.4 Å². The first-order valence-electron chi connectivity index (χ1n) is 8.34. The maximum atomic E-state index is 12.6. The molecule has 1 aromatic carbocycles. The molecule has 132 valence electrons. The number of amides is 2. The van der Waals surface area contributed by atoms with Crippen LogP contribution in [0.1, 0.15) is 46.6 Å². The number of hydrogen-bond acceptors (Lipinski definition) is 4. The van der Waals surface area contributed by atoms with Crippen molar-refractivity contribution in [1.82, 2.24) is 5.32 Å². The lowest BCUT2D eigenvalue weighted by Gasteiger charge is -2.17. The van der Waals surface area contributed by atoms with Gasteiger partial charge in [0.05, 0.1) is 23.0 Å². The highest BCUT2D eigenvalue weighted by Gasteiger charge is 2.30. The molecule has 0 saturated heterocycles. The van der Waals surface area contributed by atoms with Gasteiger partial charge in [0.15, 0.2) is 0 Å². The van der Waals surface area contributed by atoms with Gasteiger partial charge >= 0.3 is 0 Å². The van der Waals surface area contributed by atoms with E-state index in [2.05, 4.69) is 10.6 Å². The smallest absolute Gasteiger partial charge is 0.262 e. The Kier molecular flexibility index (Phi) is 5.08. The maximum Gasteiger partial charge on any atom is 0.262 e. The average molecular weight is 358 g/mol. The van der Waals surface area contributed by atoms with E-state index in [0.717, 1.165) is 34.7 Å². The summed E-state index contributed by atoms with van der Waals surface area (Å²) < 4.78 is 5.36. The molecular formula is C19H22N2O3S. The molecule has 0 radical (unpaired) electrons. The Morgan fingerprint density at radius 2 is 2.00 bits per heavy atom. The molecule has 3 rings (SSSR count). The fourth-order valence-corrected chi connectivity index (χ4v) is 3.68. The first-order chi connectivity index (χ1) is 12.0. The minimum atomic E-state index is -0.186. The summed E-state index contributed by atoms with van der Waals surface area (Å²) in [4.78, 5) is 25.1. The number of methoxy groups -OCH3 is 1. The SMILES string of the molecule is COc1ccccc1C(C)NC(=O)c1sc(NC(=O)C2CC2)cc1C. The summed E-state index contributed by atoms with van der Waals surface area (Å²) in [5.41, 5.74) is 1.79. The van der Waals surface area contributed by atoms with Gasteiger partial charge in [-0.05, 0) is 44.4 Å². The number of para-hydroxylation sites is 1. The quantitative estimate of drug-likeness (QED) is 0.823. The summed E-state index contributed by atoms with van der Waals surface area (Å²) in [5.74, 6) is 0.796. The zero-order valence-corrected chi connectivity index (χ0v) is 15.4. The highest BCUT2D eigenvalue weighted by atomic mass is 32.1. The maximum absolute atomic E-state index is 12.6. The Morgan fingerprint density at radius 1 is 1.28 bits per heavy atom. The number of anilines is 1. The van der Waals surface area contributed by atoms with Crippen molar-refractivity contribution in [3.8, 4) is 5.75 Å². The van der Waals surface area contributed by atoms with Crippen LogP contribution in [-0.4, -0.2) is 18.9 Å². The Bertz CT molecular complexity index is 796. The summed E-state index contributed by atoms with van der Waals surface area (Å²) in [7, 11) is 1.62. The van der Waals surface area contributed by atoms with E-state index in [-0.39, 0.29) is 23.8 Å². The lowest BCUT2D eigenvalue weighted by Crippen LogP contribution is -2.26. The third-order valence-electron chi connectivity index (χ3n) is 4.27. The first kappa shape index (κ1) is 17.5. The van der Waals surface area contributed by atoms with Crippen molar-refractivity contribution in [2.45, 2.75) is 32.7 Å². The molecule has 25 heavy (non-hydrogen) atoms. The molecule has 1 atom stereocenters. The Hall–Kier alpha value is -2.34. The molecule has 6 heteroatoms. The summed E-state index contributed by atoms with van der Waals surface area (Å²) in [6, 6.07) is 9.30. The van der Waals surface area contributed by atoms with Crippen molar-refractivity contribution >= 4 is 28.2 Å². The third-order valence-corrected chi connectivity index (χ3v) is 5.42. The summed E-state index contributed by atoms with van der Waals surface area (Å²) in [5, 5.41) is 6.64. The van der Waals surface area contributed by atoms with Gasteiger partial charge in [0.2, 0.25) is 5.91 Å². The number of nitrogens with one attached hydrogen (secondary N) is 2. The highest BCUT2D eigenvalue weighted by molar-refractivity contribution is 7.18. The molecule has 1 aliphatic rings. The number of aryl methyl sites for hydroxylation is 1. The van der Waals surface area contributed by atoms with E-state index in [0.29, 0.717) is 4.88 Å². The van der Waals surface area contributed by atoms with Crippen molar-refractivity contribution in [3.05, 3.63) is 46.3 Å². The van der Waals surface area contributed by atoms with Crippen molar-refractivity contribution in [3.63, 3.8) is 0 Å². The molecule has 1 heterocycles. The fraction of sp³-hybridized carbons (Fsp3) is 0.368.